The minimum atomic E-state index is -0.491. The fourth-order valence-corrected chi connectivity index (χ4v) is 2.40. The van der Waals surface area contributed by atoms with Gasteiger partial charge >= 0.3 is 6.03 Å². The molecule has 0 radical (unpaired) electrons. The number of hydrogen-bond acceptors (Lipinski definition) is 4. The summed E-state index contributed by atoms with van der Waals surface area (Å²) in [4.78, 5) is 23.8. The molecule has 1 aromatic rings. The van der Waals surface area contributed by atoms with Crippen LogP contribution in [0, 0.1) is 16.0 Å². The van der Waals surface area contributed by atoms with Crippen molar-refractivity contribution in [1.82, 2.24) is 4.90 Å². The van der Waals surface area contributed by atoms with Crippen LogP contribution >= 0.6 is 0 Å². The number of benzene rings is 1. The van der Waals surface area contributed by atoms with Crippen molar-refractivity contribution in [1.29, 1.82) is 0 Å². The summed E-state index contributed by atoms with van der Waals surface area (Å²) in [6.45, 7) is 2.54. The first-order valence-electron chi connectivity index (χ1n) is 6.46. The van der Waals surface area contributed by atoms with Crippen molar-refractivity contribution in [2.45, 2.75) is 19.4 Å². The molecule has 20 heavy (non-hydrogen) atoms. The Labute approximate surface area is 116 Å². The Hall–Kier alpha value is -2.15. The minimum absolute atomic E-state index is 0.0222. The van der Waals surface area contributed by atoms with E-state index in [0.29, 0.717) is 12.2 Å². The number of aliphatic hydroxyl groups excluding tert-OH is 1. The van der Waals surface area contributed by atoms with Crippen LogP contribution in [-0.4, -0.2) is 40.2 Å². The maximum Gasteiger partial charge on any atom is 0.322 e. The number of non-ortho nitro benzene ring substituents is 1. The first kappa shape index (κ1) is 14.3. The molecule has 2 N–H and O–H groups in total. The largest absolute Gasteiger partial charge is 0.394 e. The molecule has 1 fully saturated rings. The van der Waals surface area contributed by atoms with Crippen molar-refractivity contribution in [3.63, 3.8) is 0 Å². The van der Waals surface area contributed by atoms with Crippen LogP contribution in [0.3, 0.4) is 0 Å². The lowest BCUT2D eigenvalue weighted by molar-refractivity contribution is -0.384. The average molecular weight is 279 g/mol. The average Bonchev–Trinajstić information content (AvgIpc) is 2.80. The molecular weight excluding hydrogens is 262 g/mol. The van der Waals surface area contributed by atoms with Crippen molar-refractivity contribution in [3.05, 3.63) is 34.4 Å². The zero-order valence-electron chi connectivity index (χ0n) is 11.2. The van der Waals surface area contributed by atoms with Gasteiger partial charge in [-0.1, -0.05) is 6.92 Å². The molecule has 2 rings (SSSR count). The summed E-state index contributed by atoms with van der Waals surface area (Å²) in [5.41, 5.74) is 0.475. The lowest BCUT2D eigenvalue weighted by Crippen LogP contribution is -2.42. The van der Waals surface area contributed by atoms with Crippen LogP contribution in [0.4, 0.5) is 16.2 Å². The number of nitro benzene ring substituents is 1. The van der Waals surface area contributed by atoms with Gasteiger partial charge in [0.05, 0.1) is 17.6 Å². The van der Waals surface area contributed by atoms with Crippen LogP contribution in [0.5, 0.6) is 0 Å². The summed E-state index contributed by atoms with van der Waals surface area (Å²) in [6.07, 6.45) is 0.860. The lowest BCUT2D eigenvalue weighted by atomic mass is 10.0. The second-order valence-electron chi connectivity index (χ2n) is 4.94. The number of nitrogens with one attached hydrogen (secondary N) is 1. The van der Waals surface area contributed by atoms with E-state index in [0.717, 1.165) is 6.42 Å². The maximum absolute atomic E-state index is 12.1. The zero-order chi connectivity index (χ0) is 14.7. The topological polar surface area (TPSA) is 95.7 Å². The van der Waals surface area contributed by atoms with Crippen molar-refractivity contribution < 1.29 is 14.8 Å². The molecule has 0 bridgehead atoms. The summed E-state index contributed by atoms with van der Waals surface area (Å²) in [5, 5.41) is 22.6. The van der Waals surface area contributed by atoms with E-state index in [1.54, 1.807) is 4.90 Å². The maximum atomic E-state index is 12.1. The van der Waals surface area contributed by atoms with Crippen LogP contribution in [0.15, 0.2) is 24.3 Å². The predicted molar refractivity (Wildman–Crippen MR) is 73.5 cm³/mol. The van der Waals surface area contributed by atoms with Gasteiger partial charge < -0.3 is 15.3 Å². The van der Waals surface area contributed by atoms with Crippen LogP contribution in [0.2, 0.25) is 0 Å². The van der Waals surface area contributed by atoms with Gasteiger partial charge in [-0.15, -0.1) is 0 Å². The molecule has 108 valence electrons. The van der Waals surface area contributed by atoms with E-state index in [-0.39, 0.29) is 30.3 Å². The highest BCUT2D eigenvalue weighted by Gasteiger charge is 2.33. The van der Waals surface area contributed by atoms with E-state index >= 15 is 0 Å². The third-order valence-electron chi connectivity index (χ3n) is 3.66. The summed E-state index contributed by atoms with van der Waals surface area (Å²) in [6, 6.07) is 5.19. The van der Waals surface area contributed by atoms with Crippen molar-refractivity contribution >= 4 is 17.4 Å². The molecule has 7 nitrogen and oxygen atoms in total. The van der Waals surface area contributed by atoms with Crippen LogP contribution in [0.1, 0.15) is 13.3 Å². The molecular formula is C13H17N3O4. The number of carbonyl (C=O) groups is 1. The number of anilines is 1. The molecule has 2 amide bonds. The van der Waals surface area contributed by atoms with E-state index in [2.05, 4.69) is 5.32 Å². The van der Waals surface area contributed by atoms with Crippen LogP contribution in [0.25, 0.3) is 0 Å². The highest BCUT2D eigenvalue weighted by atomic mass is 16.6. The summed E-state index contributed by atoms with van der Waals surface area (Å²) in [5.74, 6) is 0.266. The molecule has 1 aliphatic heterocycles. The smallest absolute Gasteiger partial charge is 0.322 e. The van der Waals surface area contributed by atoms with Gasteiger partial charge in [-0.25, -0.2) is 4.79 Å². The molecule has 0 saturated carbocycles. The van der Waals surface area contributed by atoms with Gasteiger partial charge in [-0.2, -0.15) is 0 Å². The van der Waals surface area contributed by atoms with Gasteiger partial charge in [0.25, 0.3) is 5.69 Å². The second kappa shape index (κ2) is 5.87. The van der Waals surface area contributed by atoms with Crippen molar-refractivity contribution in [3.8, 4) is 0 Å². The zero-order valence-corrected chi connectivity index (χ0v) is 11.2. The quantitative estimate of drug-likeness (QED) is 0.651. The van der Waals surface area contributed by atoms with Crippen molar-refractivity contribution in [2.75, 3.05) is 18.5 Å². The molecule has 1 heterocycles. The lowest BCUT2D eigenvalue weighted by Gasteiger charge is -2.25. The minimum Gasteiger partial charge on any atom is -0.394 e. The third-order valence-corrected chi connectivity index (χ3v) is 3.66. The molecule has 7 heteroatoms. The van der Waals surface area contributed by atoms with E-state index < -0.39 is 4.92 Å². The first-order valence-corrected chi connectivity index (χ1v) is 6.46. The number of carbonyl (C=O) groups excluding carboxylic acids is 1. The highest BCUT2D eigenvalue weighted by Crippen LogP contribution is 2.24. The van der Waals surface area contributed by atoms with Gasteiger partial charge in [0.1, 0.15) is 0 Å². The highest BCUT2D eigenvalue weighted by molar-refractivity contribution is 5.89. The SMILES string of the molecule is CC1CCN(C(=O)Nc2ccc([N+](=O)[O-])cc2)C1CO. The number of nitro groups is 1. The fourth-order valence-electron chi connectivity index (χ4n) is 2.40. The Morgan fingerprint density at radius 2 is 2.15 bits per heavy atom. The van der Waals surface area contributed by atoms with E-state index in [4.69, 9.17) is 0 Å². The molecule has 1 saturated heterocycles. The summed E-state index contributed by atoms with van der Waals surface area (Å²) < 4.78 is 0. The number of nitrogens with zero attached hydrogens (tertiary/aromatic N) is 2. The van der Waals surface area contributed by atoms with Gasteiger partial charge in [-0.05, 0) is 24.5 Å². The Morgan fingerprint density at radius 3 is 2.70 bits per heavy atom. The van der Waals surface area contributed by atoms with E-state index in [1.165, 1.54) is 24.3 Å². The number of aliphatic hydroxyl groups is 1. The van der Waals surface area contributed by atoms with Gasteiger partial charge in [0, 0.05) is 24.4 Å². The molecule has 2 unspecified atom stereocenters. The Morgan fingerprint density at radius 1 is 1.50 bits per heavy atom. The van der Waals surface area contributed by atoms with Gasteiger partial charge in [0.2, 0.25) is 0 Å². The van der Waals surface area contributed by atoms with E-state index in [1.807, 2.05) is 6.92 Å². The molecule has 1 aromatic carbocycles. The Kier molecular flexibility index (Phi) is 4.19. The van der Waals surface area contributed by atoms with Crippen LogP contribution < -0.4 is 5.32 Å². The predicted octanol–water partition coefficient (Wildman–Crippen LogP) is 1.83. The van der Waals surface area contributed by atoms with Crippen LogP contribution in [-0.2, 0) is 0 Å². The fraction of sp³-hybridized carbons (Fsp3) is 0.462. The summed E-state index contributed by atoms with van der Waals surface area (Å²) in [7, 11) is 0. The number of rotatable bonds is 3. The number of urea groups is 1. The Bertz CT molecular complexity index is 503. The van der Waals surface area contributed by atoms with Gasteiger partial charge in [0.15, 0.2) is 0 Å². The number of likely N-dealkylation sites (tertiary alicyclic amines) is 1. The number of hydrogen-bond donors (Lipinski definition) is 2. The van der Waals surface area contributed by atoms with E-state index in [9.17, 15) is 20.0 Å². The molecule has 0 spiro atoms. The third kappa shape index (κ3) is 2.88. The Balaban J connectivity index is 2.02. The molecule has 0 aliphatic carbocycles. The first-order chi connectivity index (χ1) is 9.52. The standard InChI is InChI=1S/C13H17N3O4/c1-9-6-7-15(12(9)8-17)13(18)14-10-2-4-11(5-3-10)16(19)20/h2-5,9,12,17H,6-8H2,1H3,(H,14,18). The normalized spacial score (nSPS) is 21.8. The molecule has 1 aliphatic rings. The molecule has 0 aromatic heterocycles. The second-order valence-corrected chi connectivity index (χ2v) is 4.94. The molecule has 2 atom stereocenters. The monoisotopic (exact) mass is 279 g/mol. The summed E-state index contributed by atoms with van der Waals surface area (Å²) >= 11 is 0. The number of amides is 2. The van der Waals surface area contributed by atoms with Gasteiger partial charge in [-0.3, -0.25) is 10.1 Å². The van der Waals surface area contributed by atoms with Crippen molar-refractivity contribution in [2.24, 2.45) is 5.92 Å².